The average molecular weight is 265 g/mol. The molecule has 2 rings (SSSR count). The zero-order valence-electron chi connectivity index (χ0n) is 11.3. The molecule has 19 heavy (non-hydrogen) atoms. The number of nitrogens with zero attached hydrogens (tertiary/aromatic N) is 3. The van der Waals surface area contributed by atoms with E-state index in [4.69, 9.17) is 5.73 Å². The summed E-state index contributed by atoms with van der Waals surface area (Å²) in [5, 5.41) is 10.9. The summed E-state index contributed by atoms with van der Waals surface area (Å²) in [6, 6.07) is 0.324. The quantitative estimate of drug-likeness (QED) is 0.849. The summed E-state index contributed by atoms with van der Waals surface area (Å²) in [4.78, 5) is 11.9. The van der Waals surface area contributed by atoms with Crippen LogP contribution in [0.5, 0.6) is 0 Å². The van der Waals surface area contributed by atoms with E-state index < -0.39 is 0 Å². The molecule has 6 nitrogen and oxygen atoms in total. The van der Waals surface area contributed by atoms with Crippen LogP contribution in [-0.2, 0) is 17.9 Å². The maximum absolute atomic E-state index is 11.9. The average Bonchev–Trinajstić information content (AvgIpc) is 2.80. The van der Waals surface area contributed by atoms with E-state index in [2.05, 4.69) is 15.6 Å². The molecule has 0 unspecified atom stereocenters. The number of aromatic nitrogens is 3. The Morgan fingerprint density at radius 2 is 2.00 bits per heavy atom. The van der Waals surface area contributed by atoms with Gasteiger partial charge in [-0.05, 0) is 12.8 Å². The second kappa shape index (κ2) is 7.23. The Kier molecular flexibility index (Phi) is 5.32. The lowest BCUT2D eigenvalue weighted by molar-refractivity contribution is -0.122. The van der Waals surface area contributed by atoms with Crippen LogP contribution in [0.15, 0.2) is 6.20 Å². The fourth-order valence-corrected chi connectivity index (χ4v) is 2.53. The lowest BCUT2D eigenvalue weighted by Crippen LogP contribution is -2.37. The fraction of sp³-hybridized carbons (Fsp3) is 0.769. The molecule has 0 aromatic carbocycles. The van der Waals surface area contributed by atoms with Crippen LogP contribution in [0.25, 0.3) is 0 Å². The van der Waals surface area contributed by atoms with Crippen molar-refractivity contribution in [2.45, 2.75) is 64.1 Å². The molecule has 6 heteroatoms. The zero-order valence-corrected chi connectivity index (χ0v) is 11.3. The predicted molar refractivity (Wildman–Crippen MR) is 72.2 cm³/mol. The molecule has 106 valence electrons. The van der Waals surface area contributed by atoms with Gasteiger partial charge < -0.3 is 11.1 Å². The molecule has 0 atom stereocenters. The van der Waals surface area contributed by atoms with Crippen molar-refractivity contribution in [1.29, 1.82) is 0 Å². The van der Waals surface area contributed by atoms with Crippen molar-refractivity contribution >= 4 is 5.91 Å². The summed E-state index contributed by atoms with van der Waals surface area (Å²) < 4.78 is 1.54. The molecule has 3 N–H and O–H groups in total. The number of nitrogens with one attached hydrogen (secondary N) is 1. The Labute approximate surface area is 113 Å². The highest BCUT2D eigenvalue weighted by Gasteiger charge is 2.14. The molecule has 0 saturated heterocycles. The lowest BCUT2D eigenvalue weighted by atomic mass is 9.97. The molecule has 1 aliphatic rings. The van der Waals surface area contributed by atoms with Crippen molar-refractivity contribution in [2.24, 2.45) is 5.73 Å². The summed E-state index contributed by atoms with van der Waals surface area (Å²) in [5.41, 5.74) is 6.17. The summed E-state index contributed by atoms with van der Waals surface area (Å²) in [5.74, 6) is 0.0130. The monoisotopic (exact) mass is 265 g/mol. The first-order valence-corrected chi connectivity index (χ1v) is 7.16. The van der Waals surface area contributed by atoms with E-state index >= 15 is 0 Å². The van der Waals surface area contributed by atoms with Crippen LogP contribution in [0.1, 0.15) is 50.6 Å². The number of hydrogen-bond donors (Lipinski definition) is 2. The van der Waals surface area contributed by atoms with Gasteiger partial charge in [0.05, 0.1) is 11.9 Å². The molecular weight excluding hydrogens is 242 g/mol. The number of nitrogens with two attached hydrogens (primary N) is 1. The second-order valence-electron chi connectivity index (χ2n) is 5.22. The first-order valence-electron chi connectivity index (χ1n) is 7.16. The van der Waals surface area contributed by atoms with Crippen molar-refractivity contribution in [3.05, 3.63) is 11.9 Å². The Balaban J connectivity index is 1.79. The van der Waals surface area contributed by atoms with E-state index in [1.807, 2.05) is 0 Å². The van der Waals surface area contributed by atoms with E-state index in [0.29, 0.717) is 18.3 Å². The molecule has 1 aliphatic carbocycles. The standard InChI is InChI=1S/C13H23N5O/c14-8-12-9-18(17-16-12)10-13(19)15-11-6-4-2-1-3-5-7-11/h9,11H,1-8,10,14H2,(H,15,19). The highest BCUT2D eigenvalue weighted by molar-refractivity contribution is 5.75. The van der Waals surface area contributed by atoms with Crippen LogP contribution in [-0.4, -0.2) is 26.9 Å². The number of carbonyl (C=O) groups excluding carboxylic acids is 1. The predicted octanol–water partition coefficient (Wildman–Crippen LogP) is 0.966. The molecular formula is C13H23N5O. The SMILES string of the molecule is NCc1cn(CC(=O)NC2CCCCCCC2)nn1. The Hall–Kier alpha value is -1.43. The summed E-state index contributed by atoms with van der Waals surface area (Å²) >= 11 is 0. The van der Waals surface area contributed by atoms with Gasteiger partial charge >= 0.3 is 0 Å². The smallest absolute Gasteiger partial charge is 0.242 e. The minimum Gasteiger partial charge on any atom is -0.352 e. The number of rotatable bonds is 4. The van der Waals surface area contributed by atoms with Gasteiger partial charge in [0.15, 0.2) is 0 Å². The van der Waals surface area contributed by atoms with Crippen LogP contribution < -0.4 is 11.1 Å². The third-order valence-corrected chi connectivity index (χ3v) is 3.57. The van der Waals surface area contributed by atoms with E-state index in [1.54, 1.807) is 10.9 Å². The van der Waals surface area contributed by atoms with Crippen LogP contribution >= 0.6 is 0 Å². The molecule has 1 amide bonds. The topological polar surface area (TPSA) is 85.8 Å². The van der Waals surface area contributed by atoms with Crippen molar-refractivity contribution in [3.63, 3.8) is 0 Å². The molecule has 0 radical (unpaired) electrons. The normalized spacial score (nSPS) is 17.7. The van der Waals surface area contributed by atoms with Crippen LogP contribution in [0, 0.1) is 0 Å². The van der Waals surface area contributed by atoms with Crippen LogP contribution in [0.3, 0.4) is 0 Å². The van der Waals surface area contributed by atoms with Crippen LogP contribution in [0.2, 0.25) is 0 Å². The minimum absolute atomic E-state index is 0.0130. The molecule has 0 bridgehead atoms. The Morgan fingerprint density at radius 1 is 1.32 bits per heavy atom. The Bertz CT molecular complexity index is 395. The third kappa shape index (κ3) is 4.63. The van der Waals surface area contributed by atoms with Crippen molar-refractivity contribution in [2.75, 3.05) is 0 Å². The minimum atomic E-state index is 0.0130. The van der Waals surface area contributed by atoms with Crippen LogP contribution in [0.4, 0.5) is 0 Å². The zero-order chi connectivity index (χ0) is 13.5. The van der Waals surface area contributed by atoms with E-state index in [1.165, 1.54) is 32.1 Å². The maximum atomic E-state index is 11.9. The van der Waals surface area contributed by atoms with Gasteiger partial charge in [0.1, 0.15) is 6.54 Å². The number of carbonyl (C=O) groups is 1. The number of amides is 1. The summed E-state index contributed by atoms with van der Waals surface area (Å²) in [6.45, 7) is 0.577. The third-order valence-electron chi connectivity index (χ3n) is 3.57. The van der Waals surface area contributed by atoms with Gasteiger partial charge in [-0.3, -0.25) is 4.79 Å². The molecule has 1 aromatic heterocycles. The van der Waals surface area contributed by atoms with Crippen molar-refractivity contribution < 1.29 is 4.79 Å². The summed E-state index contributed by atoms with van der Waals surface area (Å²) in [6.07, 6.45) is 10.2. The van der Waals surface area contributed by atoms with E-state index in [9.17, 15) is 4.79 Å². The van der Waals surface area contributed by atoms with Crippen molar-refractivity contribution in [1.82, 2.24) is 20.3 Å². The van der Waals surface area contributed by atoms with E-state index in [-0.39, 0.29) is 12.5 Å². The van der Waals surface area contributed by atoms with Gasteiger partial charge in [0.2, 0.25) is 5.91 Å². The maximum Gasteiger partial charge on any atom is 0.242 e. The molecule has 1 aromatic rings. The molecule has 1 saturated carbocycles. The summed E-state index contributed by atoms with van der Waals surface area (Å²) in [7, 11) is 0. The van der Waals surface area contributed by atoms with Gasteiger partial charge in [0, 0.05) is 12.6 Å². The second-order valence-corrected chi connectivity index (χ2v) is 5.22. The van der Waals surface area contributed by atoms with Gasteiger partial charge in [-0.15, -0.1) is 5.10 Å². The van der Waals surface area contributed by atoms with Gasteiger partial charge in [-0.25, -0.2) is 4.68 Å². The highest BCUT2D eigenvalue weighted by Crippen LogP contribution is 2.16. The lowest BCUT2D eigenvalue weighted by Gasteiger charge is -2.20. The number of hydrogen-bond acceptors (Lipinski definition) is 4. The molecule has 0 aliphatic heterocycles. The van der Waals surface area contributed by atoms with E-state index in [0.717, 1.165) is 12.8 Å². The highest BCUT2D eigenvalue weighted by atomic mass is 16.2. The molecule has 1 heterocycles. The largest absolute Gasteiger partial charge is 0.352 e. The first-order chi connectivity index (χ1) is 9.28. The molecule has 1 fully saturated rings. The van der Waals surface area contributed by atoms with Gasteiger partial charge in [-0.1, -0.05) is 37.3 Å². The van der Waals surface area contributed by atoms with Gasteiger partial charge in [-0.2, -0.15) is 0 Å². The molecule has 0 spiro atoms. The fourth-order valence-electron chi connectivity index (χ4n) is 2.53. The van der Waals surface area contributed by atoms with Gasteiger partial charge in [0.25, 0.3) is 0 Å². The van der Waals surface area contributed by atoms with Crippen molar-refractivity contribution in [3.8, 4) is 0 Å². The first kappa shape index (κ1) is 14.0. The Morgan fingerprint density at radius 3 is 2.63 bits per heavy atom.